The highest BCUT2D eigenvalue weighted by molar-refractivity contribution is 6.51. The minimum atomic E-state index is -0.957. The van der Waals surface area contributed by atoms with Gasteiger partial charge >= 0.3 is 5.91 Å². The molecule has 0 bridgehead atoms. The maximum Gasteiger partial charge on any atom is 0.302 e. The maximum absolute atomic E-state index is 13.8. The fraction of sp³-hybridized carbons (Fsp3) is 0.207. The van der Waals surface area contributed by atoms with E-state index in [1.165, 1.54) is 30.2 Å². The Morgan fingerprint density at radius 2 is 1.70 bits per heavy atom. The van der Waals surface area contributed by atoms with Gasteiger partial charge in [0.1, 0.15) is 17.3 Å². The van der Waals surface area contributed by atoms with Crippen LogP contribution in [0.3, 0.4) is 0 Å². The van der Waals surface area contributed by atoms with E-state index in [4.69, 9.17) is 4.74 Å². The second kappa shape index (κ2) is 8.89. The maximum atomic E-state index is 13.8. The number of hydrogen-bond acceptors (Lipinski definition) is 5. The minimum absolute atomic E-state index is 0.0645. The molecule has 1 aliphatic heterocycles. The van der Waals surface area contributed by atoms with Crippen LogP contribution in [0.1, 0.15) is 43.5 Å². The molecule has 0 spiro atoms. The molecule has 5 rings (SSSR count). The molecule has 1 amide bonds. The van der Waals surface area contributed by atoms with Crippen LogP contribution in [0.25, 0.3) is 16.8 Å². The number of aromatic nitrogens is 2. The quantitative estimate of drug-likeness (QED) is 0.215. The van der Waals surface area contributed by atoms with Crippen LogP contribution in [0.15, 0.2) is 72.3 Å². The number of methoxy groups -OCH3 is 1. The lowest BCUT2D eigenvalue weighted by Crippen LogP contribution is -2.30. The van der Waals surface area contributed by atoms with Crippen molar-refractivity contribution in [2.45, 2.75) is 32.2 Å². The number of rotatable bonds is 4. The lowest BCUT2D eigenvalue weighted by Gasteiger charge is -2.25. The van der Waals surface area contributed by atoms with E-state index in [1.54, 1.807) is 24.3 Å². The van der Waals surface area contributed by atoms with Gasteiger partial charge in [0, 0.05) is 5.56 Å². The summed E-state index contributed by atoms with van der Waals surface area (Å²) in [6.45, 7) is 6.27. The van der Waals surface area contributed by atoms with Gasteiger partial charge in [0.2, 0.25) is 5.95 Å². The normalized spacial score (nSPS) is 17.5. The fourth-order valence-corrected chi connectivity index (χ4v) is 4.52. The van der Waals surface area contributed by atoms with Gasteiger partial charge in [-0.2, -0.15) is 0 Å². The molecule has 0 saturated carbocycles. The number of H-pyrrole nitrogens is 1. The highest BCUT2D eigenvalue weighted by Crippen LogP contribution is 2.42. The molecule has 8 heteroatoms. The van der Waals surface area contributed by atoms with E-state index in [2.05, 4.69) is 30.7 Å². The van der Waals surface area contributed by atoms with E-state index in [0.717, 1.165) is 5.56 Å². The molecule has 3 aromatic carbocycles. The third-order valence-electron chi connectivity index (χ3n) is 6.56. The Kier molecular flexibility index (Phi) is 5.82. The van der Waals surface area contributed by atoms with Crippen LogP contribution in [0.5, 0.6) is 5.75 Å². The van der Waals surface area contributed by atoms with E-state index in [0.29, 0.717) is 27.9 Å². The number of carbonyl (C=O) groups is 2. The number of amides is 1. The van der Waals surface area contributed by atoms with Crippen molar-refractivity contribution in [2.24, 2.45) is 0 Å². The van der Waals surface area contributed by atoms with Crippen LogP contribution in [0.4, 0.5) is 10.3 Å². The molecule has 0 radical (unpaired) electrons. The number of ketones is 1. The molecule has 0 aliphatic carbocycles. The van der Waals surface area contributed by atoms with Crippen molar-refractivity contribution >= 4 is 34.4 Å². The number of aromatic amines is 1. The van der Waals surface area contributed by atoms with Gasteiger partial charge in [-0.15, -0.1) is 0 Å². The number of imidazole rings is 1. The number of benzene rings is 3. The Morgan fingerprint density at radius 3 is 2.32 bits per heavy atom. The van der Waals surface area contributed by atoms with Gasteiger partial charge in [0.25, 0.3) is 5.78 Å². The molecule has 188 valence electrons. The van der Waals surface area contributed by atoms with Gasteiger partial charge in [-0.1, -0.05) is 45.0 Å². The molecule has 1 aliphatic rings. The summed E-state index contributed by atoms with van der Waals surface area (Å²) in [6, 6.07) is 17.2. The number of carbonyl (C=O) groups excluding carboxylic acids is 2. The van der Waals surface area contributed by atoms with Crippen molar-refractivity contribution in [1.82, 2.24) is 9.97 Å². The molecular weight excluding hydrogens is 473 g/mol. The lowest BCUT2D eigenvalue weighted by molar-refractivity contribution is -0.132. The van der Waals surface area contributed by atoms with Crippen LogP contribution in [0.2, 0.25) is 0 Å². The Morgan fingerprint density at radius 1 is 1.03 bits per heavy atom. The molecule has 7 nitrogen and oxygen atoms in total. The molecule has 1 atom stereocenters. The molecule has 2 heterocycles. The fourth-order valence-electron chi connectivity index (χ4n) is 4.52. The standard InChI is InChI=1S/C29H26FN3O4/c1-29(2,3)18-9-5-16(6-10-18)24-23(25(34)17-7-12-20(37-4)13-8-17)26(35)27(36)33(24)28-31-21-14-11-19(30)15-22(21)32-28/h5-15,24,34H,1-4H3,(H,31,32)/b25-23+. The second-order valence-corrected chi connectivity index (χ2v) is 9.99. The van der Waals surface area contributed by atoms with Crippen molar-refractivity contribution in [1.29, 1.82) is 0 Å². The lowest BCUT2D eigenvalue weighted by atomic mass is 9.85. The second-order valence-electron chi connectivity index (χ2n) is 9.99. The largest absolute Gasteiger partial charge is 0.507 e. The SMILES string of the molecule is COc1ccc(/C(O)=C2\C(=O)C(=O)N(c3nc4ccc(F)cc4[nH]3)C2c2ccc(C(C)(C)C)cc2)cc1. The van der Waals surface area contributed by atoms with E-state index < -0.39 is 23.5 Å². The molecule has 1 unspecified atom stereocenters. The number of anilines is 1. The molecule has 4 aromatic rings. The predicted octanol–water partition coefficient (Wildman–Crippen LogP) is 5.63. The summed E-state index contributed by atoms with van der Waals surface area (Å²) >= 11 is 0. The average Bonchev–Trinajstić information content (AvgIpc) is 3.40. The number of aliphatic hydroxyl groups excluding tert-OH is 1. The van der Waals surface area contributed by atoms with Gasteiger partial charge in [-0.05, 0) is 59.0 Å². The minimum Gasteiger partial charge on any atom is -0.507 e. The van der Waals surface area contributed by atoms with E-state index in [1.807, 2.05) is 24.3 Å². The van der Waals surface area contributed by atoms with Crippen LogP contribution < -0.4 is 9.64 Å². The summed E-state index contributed by atoms with van der Waals surface area (Å²) in [5.74, 6) is -1.79. The van der Waals surface area contributed by atoms with Gasteiger partial charge in [0.05, 0.1) is 29.8 Å². The number of Topliss-reactive ketones (excluding diaryl/α,β-unsaturated/α-hetero) is 1. The Hall–Kier alpha value is -4.46. The van der Waals surface area contributed by atoms with Crippen LogP contribution in [-0.2, 0) is 15.0 Å². The smallest absolute Gasteiger partial charge is 0.302 e. The summed E-state index contributed by atoms with van der Waals surface area (Å²) < 4.78 is 19.0. The zero-order chi connectivity index (χ0) is 26.5. The molecule has 1 saturated heterocycles. The van der Waals surface area contributed by atoms with E-state index >= 15 is 0 Å². The van der Waals surface area contributed by atoms with Crippen molar-refractivity contribution in [3.05, 3.63) is 94.8 Å². The van der Waals surface area contributed by atoms with Crippen molar-refractivity contribution in [2.75, 3.05) is 12.0 Å². The number of nitrogens with one attached hydrogen (secondary N) is 1. The Labute approximate surface area is 213 Å². The van der Waals surface area contributed by atoms with E-state index in [-0.39, 0.29) is 22.7 Å². The van der Waals surface area contributed by atoms with Crippen LogP contribution in [-0.4, -0.2) is 33.9 Å². The first kappa shape index (κ1) is 24.2. The van der Waals surface area contributed by atoms with Crippen molar-refractivity contribution in [3.8, 4) is 5.75 Å². The van der Waals surface area contributed by atoms with Gasteiger partial charge in [-0.3, -0.25) is 14.5 Å². The summed E-state index contributed by atoms with van der Waals surface area (Å²) in [4.78, 5) is 35.4. The summed E-state index contributed by atoms with van der Waals surface area (Å²) in [6.07, 6.45) is 0. The Balaban J connectivity index is 1.70. The molecule has 1 fully saturated rings. The summed E-state index contributed by atoms with van der Waals surface area (Å²) in [5, 5.41) is 11.3. The van der Waals surface area contributed by atoms with Gasteiger partial charge in [-0.25, -0.2) is 9.37 Å². The third-order valence-corrected chi connectivity index (χ3v) is 6.56. The highest BCUT2D eigenvalue weighted by atomic mass is 19.1. The summed E-state index contributed by atoms with van der Waals surface area (Å²) in [7, 11) is 1.53. The number of aliphatic hydroxyl groups is 1. The monoisotopic (exact) mass is 499 g/mol. The van der Waals surface area contributed by atoms with Crippen LogP contribution >= 0.6 is 0 Å². The topological polar surface area (TPSA) is 95.5 Å². The first-order valence-corrected chi connectivity index (χ1v) is 11.8. The summed E-state index contributed by atoms with van der Waals surface area (Å²) in [5.41, 5.74) is 2.71. The highest BCUT2D eigenvalue weighted by Gasteiger charge is 2.48. The first-order chi connectivity index (χ1) is 17.6. The third kappa shape index (κ3) is 4.24. The van der Waals surface area contributed by atoms with Crippen LogP contribution in [0, 0.1) is 5.82 Å². The van der Waals surface area contributed by atoms with Crippen molar-refractivity contribution < 1.29 is 23.8 Å². The number of nitrogens with zero attached hydrogens (tertiary/aromatic N) is 2. The predicted molar refractivity (Wildman–Crippen MR) is 139 cm³/mol. The molecule has 2 N–H and O–H groups in total. The molecule has 1 aromatic heterocycles. The Bertz CT molecular complexity index is 1550. The van der Waals surface area contributed by atoms with Crippen molar-refractivity contribution in [3.63, 3.8) is 0 Å². The zero-order valence-electron chi connectivity index (χ0n) is 20.9. The first-order valence-electron chi connectivity index (χ1n) is 11.8. The van der Waals surface area contributed by atoms with E-state index in [9.17, 15) is 19.1 Å². The average molecular weight is 500 g/mol. The number of hydrogen-bond donors (Lipinski definition) is 2. The number of ether oxygens (including phenoxy) is 1. The number of halogens is 1. The molecular formula is C29H26FN3O4. The van der Waals surface area contributed by atoms with Gasteiger partial charge in [0.15, 0.2) is 0 Å². The number of fused-ring (bicyclic) bond motifs is 1. The van der Waals surface area contributed by atoms with Gasteiger partial charge < -0.3 is 14.8 Å². The molecule has 37 heavy (non-hydrogen) atoms. The zero-order valence-corrected chi connectivity index (χ0v) is 20.9.